The molecule has 212 valence electrons. The van der Waals surface area contributed by atoms with E-state index in [0.29, 0.717) is 22.2 Å². The first-order valence-electron chi connectivity index (χ1n) is 14.2. The maximum Gasteiger partial charge on any atom is 0.261 e. The van der Waals surface area contributed by atoms with Crippen LogP contribution in [0.3, 0.4) is 0 Å². The molecule has 1 aliphatic rings. The van der Waals surface area contributed by atoms with Crippen molar-refractivity contribution in [3.8, 4) is 5.75 Å². The van der Waals surface area contributed by atoms with Crippen molar-refractivity contribution in [2.45, 2.75) is 57.2 Å². The zero-order chi connectivity index (χ0) is 28.6. The number of benzene rings is 4. The van der Waals surface area contributed by atoms with Crippen LogP contribution in [0.25, 0.3) is 10.8 Å². The van der Waals surface area contributed by atoms with E-state index >= 15 is 0 Å². The molecule has 2 amide bonds. The van der Waals surface area contributed by atoms with Crippen LogP contribution >= 0.6 is 23.2 Å². The average molecular weight is 590 g/mol. The van der Waals surface area contributed by atoms with E-state index < -0.39 is 6.04 Å². The summed E-state index contributed by atoms with van der Waals surface area (Å²) in [7, 11) is 0. The molecule has 1 N–H and O–H groups in total. The van der Waals surface area contributed by atoms with Crippen LogP contribution in [-0.4, -0.2) is 35.4 Å². The highest BCUT2D eigenvalue weighted by Gasteiger charge is 2.32. The second-order valence-corrected chi connectivity index (χ2v) is 11.4. The van der Waals surface area contributed by atoms with Gasteiger partial charge >= 0.3 is 0 Å². The van der Waals surface area contributed by atoms with Crippen LogP contribution in [0.2, 0.25) is 10.0 Å². The molecule has 5 nitrogen and oxygen atoms in total. The average Bonchev–Trinajstić information content (AvgIpc) is 3.00. The minimum Gasteiger partial charge on any atom is -0.483 e. The number of nitrogens with zero attached hydrogens (tertiary/aromatic N) is 1. The molecule has 4 aromatic rings. The second kappa shape index (κ2) is 13.9. The lowest BCUT2D eigenvalue weighted by Crippen LogP contribution is -2.53. The Hall–Kier alpha value is -3.54. The van der Waals surface area contributed by atoms with Gasteiger partial charge in [-0.25, -0.2) is 0 Å². The molecular formula is C34H34Cl2N2O3. The maximum atomic E-state index is 14.0. The number of nitrogens with one attached hydrogen (secondary N) is 1. The van der Waals surface area contributed by atoms with Crippen LogP contribution < -0.4 is 10.1 Å². The number of halogens is 2. The van der Waals surface area contributed by atoms with Crippen molar-refractivity contribution in [1.29, 1.82) is 0 Å². The molecule has 0 radical (unpaired) electrons. The first-order valence-corrected chi connectivity index (χ1v) is 14.9. The zero-order valence-corrected chi connectivity index (χ0v) is 24.4. The molecule has 4 aromatic carbocycles. The lowest BCUT2D eigenvalue weighted by molar-refractivity contribution is -0.143. The van der Waals surface area contributed by atoms with Gasteiger partial charge in [-0.05, 0) is 47.6 Å². The summed E-state index contributed by atoms with van der Waals surface area (Å²) in [5.41, 5.74) is 1.75. The highest BCUT2D eigenvalue weighted by atomic mass is 35.5. The Morgan fingerprint density at radius 3 is 2.34 bits per heavy atom. The van der Waals surface area contributed by atoms with Crippen molar-refractivity contribution in [2.75, 3.05) is 6.61 Å². The Bertz CT molecular complexity index is 1480. The number of rotatable bonds is 10. The first kappa shape index (κ1) is 29.0. The lowest BCUT2D eigenvalue weighted by Gasteiger charge is -2.33. The number of carbonyl (C=O) groups is 2. The monoisotopic (exact) mass is 588 g/mol. The summed E-state index contributed by atoms with van der Waals surface area (Å²) in [6.45, 7) is -0.0263. The van der Waals surface area contributed by atoms with Gasteiger partial charge in [0.15, 0.2) is 6.61 Å². The number of ether oxygens (including phenoxy) is 1. The van der Waals surface area contributed by atoms with Gasteiger partial charge in [0, 0.05) is 24.4 Å². The van der Waals surface area contributed by atoms with E-state index in [1.807, 2.05) is 78.9 Å². The van der Waals surface area contributed by atoms with Gasteiger partial charge in [-0.3, -0.25) is 9.59 Å². The number of hydrogen-bond acceptors (Lipinski definition) is 3. The molecule has 5 rings (SSSR count). The number of carbonyl (C=O) groups excluding carboxylic acids is 2. The second-order valence-electron chi connectivity index (χ2n) is 10.6. The lowest BCUT2D eigenvalue weighted by atomic mass is 9.94. The molecule has 1 saturated carbocycles. The largest absolute Gasteiger partial charge is 0.483 e. The summed E-state index contributed by atoms with van der Waals surface area (Å²) < 4.78 is 6.10. The van der Waals surface area contributed by atoms with Crippen LogP contribution in [-0.2, 0) is 22.6 Å². The molecule has 0 bridgehead atoms. The smallest absolute Gasteiger partial charge is 0.261 e. The Morgan fingerprint density at radius 1 is 0.829 bits per heavy atom. The topological polar surface area (TPSA) is 58.6 Å². The maximum absolute atomic E-state index is 14.0. The molecule has 0 heterocycles. The van der Waals surface area contributed by atoms with Crippen molar-refractivity contribution < 1.29 is 14.3 Å². The van der Waals surface area contributed by atoms with Gasteiger partial charge in [0.1, 0.15) is 11.8 Å². The third-order valence-electron chi connectivity index (χ3n) is 7.66. The molecule has 7 heteroatoms. The molecule has 0 spiro atoms. The van der Waals surface area contributed by atoms with Crippen molar-refractivity contribution in [3.05, 3.63) is 112 Å². The molecule has 1 aliphatic carbocycles. The molecule has 0 aromatic heterocycles. The number of hydrogen-bond donors (Lipinski definition) is 1. The predicted octanol–water partition coefficient (Wildman–Crippen LogP) is 7.61. The highest BCUT2D eigenvalue weighted by molar-refractivity contribution is 6.42. The summed E-state index contributed by atoms with van der Waals surface area (Å²) in [5.74, 6) is 0.181. The zero-order valence-electron chi connectivity index (χ0n) is 22.9. The number of amides is 2. The van der Waals surface area contributed by atoms with E-state index in [1.165, 1.54) is 6.42 Å². The minimum atomic E-state index is -0.739. The van der Waals surface area contributed by atoms with E-state index in [-0.39, 0.29) is 31.0 Å². The summed E-state index contributed by atoms with van der Waals surface area (Å²) in [5, 5.41) is 6.04. The Balaban J connectivity index is 1.45. The molecule has 0 unspecified atom stereocenters. The predicted molar refractivity (Wildman–Crippen MR) is 165 cm³/mol. The van der Waals surface area contributed by atoms with Gasteiger partial charge in [0.2, 0.25) is 5.91 Å². The van der Waals surface area contributed by atoms with Crippen LogP contribution in [0, 0.1) is 0 Å². The van der Waals surface area contributed by atoms with Crippen LogP contribution in [0.5, 0.6) is 5.75 Å². The van der Waals surface area contributed by atoms with Crippen LogP contribution in [0.1, 0.15) is 43.2 Å². The van der Waals surface area contributed by atoms with Crippen LogP contribution in [0.4, 0.5) is 0 Å². The van der Waals surface area contributed by atoms with E-state index in [1.54, 1.807) is 17.0 Å². The van der Waals surface area contributed by atoms with Gasteiger partial charge < -0.3 is 15.0 Å². The molecule has 0 aliphatic heterocycles. The van der Waals surface area contributed by atoms with E-state index in [2.05, 4.69) is 5.32 Å². The van der Waals surface area contributed by atoms with E-state index in [0.717, 1.165) is 47.6 Å². The highest BCUT2D eigenvalue weighted by Crippen LogP contribution is 2.27. The Labute approximate surface area is 251 Å². The minimum absolute atomic E-state index is 0.114. The molecule has 0 saturated heterocycles. The van der Waals surface area contributed by atoms with Gasteiger partial charge in [-0.15, -0.1) is 0 Å². The molecular weight excluding hydrogens is 555 g/mol. The van der Waals surface area contributed by atoms with Crippen molar-refractivity contribution in [3.63, 3.8) is 0 Å². The standard InChI is InChI=1S/C34H34Cl2N2O3/c35-29-19-18-25(20-30(29)36)22-38(33(39)23-41-32-17-9-13-26-12-7-8-16-28(26)32)31(21-24-10-3-1-4-11-24)34(40)37-27-14-5-2-6-15-27/h1,3-4,7-13,16-20,27,31H,2,5-6,14-15,21-23H2,(H,37,40)/t31-/m1/s1. The van der Waals surface area contributed by atoms with Crippen molar-refractivity contribution in [1.82, 2.24) is 10.2 Å². The Kier molecular flexibility index (Phi) is 9.81. The number of fused-ring (bicyclic) bond motifs is 1. The van der Waals surface area contributed by atoms with E-state index in [9.17, 15) is 9.59 Å². The van der Waals surface area contributed by atoms with Gasteiger partial charge in [0.25, 0.3) is 5.91 Å². The first-order chi connectivity index (χ1) is 20.0. The normalized spacial score (nSPS) is 14.4. The fourth-order valence-corrected chi connectivity index (χ4v) is 5.80. The summed E-state index contributed by atoms with van der Waals surface area (Å²) in [6, 6.07) is 28.1. The van der Waals surface area contributed by atoms with Gasteiger partial charge in [-0.1, -0.05) is 115 Å². The third kappa shape index (κ3) is 7.60. The Morgan fingerprint density at radius 2 is 1.56 bits per heavy atom. The van der Waals surface area contributed by atoms with Gasteiger partial charge in [0.05, 0.1) is 10.0 Å². The summed E-state index contributed by atoms with van der Waals surface area (Å²) in [6.07, 6.45) is 5.66. The summed E-state index contributed by atoms with van der Waals surface area (Å²) >= 11 is 12.5. The summed E-state index contributed by atoms with van der Waals surface area (Å²) in [4.78, 5) is 29.5. The molecule has 41 heavy (non-hydrogen) atoms. The van der Waals surface area contributed by atoms with Crippen molar-refractivity contribution in [2.24, 2.45) is 0 Å². The molecule has 1 fully saturated rings. The third-order valence-corrected chi connectivity index (χ3v) is 8.40. The molecule has 1 atom stereocenters. The fraction of sp³-hybridized carbons (Fsp3) is 0.294. The van der Waals surface area contributed by atoms with Gasteiger partial charge in [-0.2, -0.15) is 0 Å². The SMILES string of the molecule is O=C(NC1CCCCC1)[C@@H](Cc1ccccc1)N(Cc1ccc(Cl)c(Cl)c1)C(=O)COc1cccc2ccccc12. The quantitative estimate of drug-likeness (QED) is 0.207. The van der Waals surface area contributed by atoms with Crippen LogP contribution in [0.15, 0.2) is 91.0 Å². The fourth-order valence-electron chi connectivity index (χ4n) is 5.48. The van der Waals surface area contributed by atoms with E-state index in [4.69, 9.17) is 27.9 Å². The van der Waals surface area contributed by atoms with Crippen molar-refractivity contribution >= 4 is 45.8 Å².